The van der Waals surface area contributed by atoms with Gasteiger partial charge in [-0.3, -0.25) is 0 Å². The maximum Gasteiger partial charge on any atom is 0.126 e. The van der Waals surface area contributed by atoms with Gasteiger partial charge in [0.15, 0.2) is 0 Å². The van der Waals surface area contributed by atoms with Crippen LogP contribution in [0.4, 0.5) is 0 Å². The Morgan fingerprint density at radius 3 is 2.12 bits per heavy atom. The van der Waals surface area contributed by atoms with E-state index < -0.39 is 8.24 Å². The van der Waals surface area contributed by atoms with Crippen molar-refractivity contribution in [1.82, 2.24) is 4.57 Å². The zero-order valence-electron chi connectivity index (χ0n) is 11.8. The highest BCUT2D eigenvalue weighted by Crippen LogP contribution is 2.28. The van der Waals surface area contributed by atoms with Crippen molar-refractivity contribution in [2.45, 2.75) is 58.3 Å². The molecule has 0 amide bonds. The Bertz CT molecular complexity index is 209. The number of rotatable bonds is 8. The second-order valence-corrected chi connectivity index (χ2v) is 10.3. The third kappa shape index (κ3) is 4.26. The molecular weight excluding hydrogens is 210 g/mol. The Labute approximate surface area is 103 Å². The first kappa shape index (κ1) is 15.7. The third-order valence-corrected chi connectivity index (χ3v) is 6.77. The predicted molar refractivity (Wildman–Crippen MR) is 78.4 cm³/mol. The van der Waals surface area contributed by atoms with Gasteiger partial charge in [0.25, 0.3) is 0 Å². The zero-order valence-corrected chi connectivity index (χ0v) is 12.8. The summed E-state index contributed by atoms with van der Waals surface area (Å²) in [5.74, 6) is 0. The molecule has 94 valence electrons. The van der Waals surface area contributed by atoms with Gasteiger partial charge in [0.05, 0.1) is 0 Å². The molecule has 0 atom stereocenters. The molecule has 0 saturated carbocycles. The lowest BCUT2D eigenvalue weighted by Crippen LogP contribution is -2.58. The van der Waals surface area contributed by atoms with E-state index in [2.05, 4.69) is 57.7 Å². The van der Waals surface area contributed by atoms with Crippen molar-refractivity contribution in [3.63, 3.8) is 0 Å². The minimum Gasteiger partial charge on any atom is -0.318 e. The minimum absolute atomic E-state index is 0.233. The van der Waals surface area contributed by atoms with Gasteiger partial charge < -0.3 is 4.57 Å². The molecule has 16 heavy (non-hydrogen) atoms. The van der Waals surface area contributed by atoms with Gasteiger partial charge in [-0.1, -0.05) is 32.2 Å². The lowest BCUT2D eigenvalue weighted by atomic mass is 10.0. The second-order valence-electron chi connectivity index (χ2n) is 5.76. The van der Waals surface area contributed by atoms with Crippen molar-refractivity contribution in [2.24, 2.45) is 0 Å². The van der Waals surface area contributed by atoms with Gasteiger partial charge in [0, 0.05) is 5.54 Å². The smallest absolute Gasteiger partial charge is 0.126 e. The van der Waals surface area contributed by atoms with E-state index in [4.69, 9.17) is 0 Å². The number of hydrogen-bond acceptors (Lipinski definition) is 1. The topological polar surface area (TPSA) is 3.24 Å². The molecule has 0 fully saturated rings. The van der Waals surface area contributed by atoms with Crippen molar-refractivity contribution in [1.29, 1.82) is 0 Å². The summed E-state index contributed by atoms with van der Waals surface area (Å²) in [6.07, 6.45) is 6.40. The first-order valence-corrected chi connectivity index (χ1v) is 9.46. The minimum atomic E-state index is -1.36. The average Bonchev–Trinajstić information content (AvgIpc) is 2.13. The first-order chi connectivity index (χ1) is 7.31. The Morgan fingerprint density at radius 2 is 1.75 bits per heavy atom. The molecule has 1 nitrogen and oxygen atoms in total. The summed E-state index contributed by atoms with van der Waals surface area (Å²) < 4.78 is 2.73. The molecule has 0 radical (unpaired) electrons. The molecule has 0 unspecified atom stereocenters. The molecule has 2 heteroatoms. The molecule has 0 spiro atoms. The summed E-state index contributed by atoms with van der Waals surface area (Å²) in [4.78, 5) is 0. The summed E-state index contributed by atoms with van der Waals surface area (Å²) in [7, 11) is -1.36. The molecule has 0 saturated heterocycles. The van der Waals surface area contributed by atoms with Crippen LogP contribution in [0.3, 0.4) is 0 Å². The maximum absolute atomic E-state index is 3.90. The summed E-state index contributed by atoms with van der Waals surface area (Å²) in [6, 6.07) is 1.16. The van der Waals surface area contributed by atoms with Crippen LogP contribution in [0, 0.1) is 0 Å². The van der Waals surface area contributed by atoms with Crippen LogP contribution < -0.4 is 0 Å². The highest BCUT2D eigenvalue weighted by molar-refractivity contribution is 6.75. The van der Waals surface area contributed by atoms with E-state index in [1.54, 1.807) is 0 Å². The van der Waals surface area contributed by atoms with Gasteiger partial charge in [-0.15, -0.1) is 13.2 Å². The fourth-order valence-electron chi connectivity index (χ4n) is 2.58. The highest BCUT2D eigenvalue weighted by Gasteiger charge is 2.36. The van der Waals surface area contributed by atoms with Crippen LogP contribution in [0.15, 0.2) is 25.3 Å². The van der Waals surface area contributed by atoms with Crippen LogP contribution in [0.25, 0.3) is 0 Å². The van der Waals surface area contributed by atoms with E-state index >= 15 is 0 Å². The van der Waals surface area contributed by atoms with Crippen LogP contribution in [0.2, 0.25) is 19.1 Å². The predicted octanol–water partition coefficient (Wildman–Crippen LogP) is 4.44. The first-order valence-electron chi connectivity index (χ1n) is 6.31. The monoisotopic (exact) mass is 239 g/mol. The van der Waals surface area contributed by atoms with Gasteiger partial charge in [0.1, 0.15) is 8.24 Å². The van der Waals surface area contributed by atoms with Crippen molar-refractivity contribution in [3.8, 4) is 0 Å². The number of allylic oxidation sites excluding steroid dienone is 1. The van der Waals surface area contributed by atoms with Crippen molar-refractivity contribution < 1.29 is 0 Å². The fraction of sp³-hybridized carbons (Fsp3) is 0.714. The lowest BCUT2D eigenvalue weighted by molar-refractivity contribution is 0.219. The summed E-state index contributed by atoms with van der Waals surface area (Å²) in [5.41, 5.74) is 0.233. The number of hydrogen-bond donors (Lipinski definition) is 0. The number of nitrogens with zero attached hydrogens (tertiary/aromatic N) is 1. The normalized spacial score (nSPS) is 12.9. The average molecular weight is 239 g/mol. The summed E-state index contributed by atoms with van der Waals surface area (Å²) >= 11 is 0. The van der Waals surface area contributed by atoms with Crippen LogP contribution >= 0.6 is 0 Å². The third-order valence-electron chi connectivity index (χ3n) is 3.20. The van der Waals surface area contributed by atoms with Crippen molar-refractivity contribution >= 4 is 8.24 Å². The molecule has 0 aromatic heterocycles. The van der Waals surface area contributed by atoms with E-state index in [1.807, 2.05) is 6.08 Å². The second kappa shape index (κ2) is 6.41. The Kier molecular flexibility index (Phi) is 6.27. The van der Waals surface area contributed by atoms with E-state index in [0.717, 1.165) is 12.5 Å². The molecule has 0 aliphatic rings. The van der Waals surface area contributed by atoms with E-state index in [1.165, 1.54) is 13.0 Å². The van der Waals surface area contributed by atoms with Crippen LogP contribution in [-0.4, -0.2) is 24.9 Å². The van der Waals surface area contributed by atoms with E-state index in [0.29, 0.717) is 0 Å². The van der Waals surface area contributed by atoms with Crippen LogP contribution in [0.1, 0.15) is 33.6 Å². The Morgan fingerprint density at radius 1 is 1.19 bits per heavy atom. The van der Waals surface area contributed by atoms with Gasteiger partial charge in [-0.25, -0.2) is 0 Å². The van der Waals surface area contributed by atoms with Gasteiger partial charge in [-0.2, -0.15) is 0 Å². The molecule has 0 bridgehead atoms. The summed E-state index contributed by atoms with van der Waals surface area (Å²) in [5, 5.41) is 0. The molecule has 0 N–H and O–H groups in total. The lowest BCUT2D eigenvalue weighted by Gasteiger charge is -2.47. The summed E-state index contributed by atoms with van der Waals surface area (Å²) in [6.45, 7) is 20.8. The Balaban J connectivity index is 4.96. The van der Waals surface area contributed by atoms with Crippen LogP contribution in [-0.2, 0) is 0 Å². The maximum atomic E-state index is 3.90. The van der Waals surface area contributed by atoms with E-state index in [9.17, 15) is 0 Å². The quantitative estimate of drug-likeness (QED) is 0.447. The molecule has 0 heterocycles. The highest BCUT2D eigenvalue weighted by atomic mass is 28.3. The van der Waals surface area contributed by atoms with Gasteiger partial charge in [-0.05, 0) is 39.3 Å². The molecular formula is C14H29NSi. The van der Waals surface area contributed by atoms with Gasteiger partial charge in [0.2, 0.25) is 0 Å². The van der Waals surface area contributed by atoms with Crippen molar-refractivity contribution in [3.05, 3.63) is 25.3 Å². The van der Waals surface area contributed by atoms with E-state index in [-0.39, 0.29) is 5.54 Å². The standard InChI is InChI=1S/C14H29NSi/c1-8-11-14(4,5)15(12-9-2)16(6,7)13-10-3/h8,10H,1,3,9,11-13H2,2,4-7H3. The van der Waals surface area contributed by atoms with Crippen LogP contribution in [0.5, 0.6) is 0 Å². The fourth-order valence-corrected chi connectivity index (χ4v) is 6.06. The SMILES string of the molecule is C=CCC(C)(C)N(CCC)[Si](C)(C)CC=C. The molecule has 0 aromatic carbocycles. The molecule has 0 aromatic rings. The molecule has 0 rings (SSSR count). The van der Waals surface area contributed by atoms with Gasteiger partial charge >= 0.3 is 0 Å². The zero-order chi connectivity index (χ0) is 12.8. The largest absolute Gasteiger partial charge is 0.318 e. The Hall–Kier alpha value is -0.343. The van der Waals surface area contributed by atoms with Crippen molar-refractivity contribution in [2.75, 3.05) is 6.54 Å². The molecule has 0 aliphatic carbocycles. The molecule has 0 aliphatic heterocycles.